The summed E-state index contributed by atoms with van der Waals surface area (Å²) in [7, 11) is -4.46. The molecule has 0 heterocycles. The van der Waals surface area contributed by atoms with Crippen molar-refractivity contribution in [2.45, 2.75) is 290 Å². The Morgan fingerprint density at radius 3 is 1.16 bits per heavy atom. The number of carboxylic acids is 1. The Kier molecular flexibility index (Phi) is 43.4. The summed E-state index contributed by atoms with van der Waals surface area (Å²) in [4.78, 5) is 36.5. The van der Waals surface area contributed by atoms with Crippen LogP contribution in [-0.4, -0.2) is 35.7 Å². The average Bonchev–Trinajstić information content (AvgIpc) is 3.23. The lowest BCUT2D eigenvalue weighted by Gasteiger charge is -2.18. The van der Waals surface area contributed by atoms with E-state index < -0.39 is 25.5 Å². The number of hydrogen-bond donors (Lipinski definition) is 1. The van der Waals surface area contributed by atoms with E-state index >= 15 is 0 Å². The van der Waals surface area contributed by atoms with E-state index in [1.807, 2.05) is 0 Å². The van der Waals surface area contributed by atoms with Crippen molar-refractivity contribution in [2.24, 2.45) is 0 Å². The van der Waals surface area contributed by atoms with Crippen LogP contribution in [0.4, 0.5) is 0 Å². The third-order valence-electron chi connectivity index (χ3n) is 11.7. The first kappa shape index (κ1) is 59.1. The zero-order valence-electron chi connectivity index (χ0n) is 40.1. The molecule has 1 N–H and O–H groups in total. The van der Waals surface area contributed by atoms with Crippen LogP contribution in [0.2, 0.25) is 0 Å². The van der Waals surface area contributed by atoms with Gasteiger partial charge in [-0.1, -0.05) is 233 Å². The van der Waals surface area contributed by atoms with E-state index in [-0.39, 0.29) is 25.1 Å². The van der Waals surface area contributed by atoms with Crippen molar-refractivity contribution in [1.29, 1.82) is 0 Å². The highest BCUT2D eigenvalue weighted by Gasteiger charge is 2.35. The highest BCUT2D eigenvalue weighted by molar-refractivity contribution is 7.49. The summed E-state index contributed by atoms with van der Waals surface area (Å²) in [6.07, 6.45) is 46.1. The molecule has 360 valence electrons. The second-order valence-corrected chi connectivity index (χ2v) is 19.3. The second kappa shape index (κ2) is 44.7. The van der Waals surface area contributed by atoms with Crippen LogP contribution in [0.1, 0.15) is 284 Å². The Labute approximate surface area is 376 Å². The zero-order valence-corrected chi connectivity index (χ0v) is 41.0. The monoisotopic (exact) mass is 885 g/mol. The maximum absolute atomic E-state index is 13.2. The first-order valence-corrected chi connectivity index (χ1v) is 27.4. The normalized spacial score (nSPS) is 12.8. The van der Waals surface area contributed by atoms with Gasteiger partial charge in [0.15, 0.2) is 0 Å². The number of phosphoric ester groups is 1. The summed E-state index contributed by atoms with van der Waals surface area (Å²) in [5, 5.41) is 9.19. The van der Waals surface area contributed by atoms with Crippen LogP contribution in [-0.2, 0) is 37.3 Å². The Hall–Kier alpha value is -1.86. The molecule has 0 radical (unpaired) electrons. The van der Waals surface area contributed by atoms with Crippen molar-refractivity contribution in [1.82, 2.24) is 0 Å². The molecule has 0 bridgehead atoms. The SMILES string of the molecule is C=C(OP(=O)(OCCCCCCCCCCCCCCCC)OC(=O)CCCCCCCCC(CCCC)OC(=O)CCCCCCCCCCCCCCCCC)C(=O)O. The predicted molar refractivity (Wildman–Crippen MR) is 254 cm³/mol. The number of carboxylic acid groups (broad SMARTS) is 1. The highest BCUT2D eigenvalue weighted by atomic mass is 31.2. The van der Waals surface area contributed by atoms with Gasteiger partial charge in [-0.25, -0.2) is 9.36 Å². The molecule has 0 saturated heterocycles. The number of carbonyl (C=O) groups is 3. The number of rotatable bonds is 49. The first-order chi connectivity index (χ1) is 29.7. The fraction of sp³-hybridized carbons (Fsp3) is 0.902. The van der Waals surface area contributed by atoms with E-state index in [1.54, 1.807) is 0 Å². The van der Waals surface area contributed by atoms with Gasteiger partial charge < -0.3 is 18.9 Å². The van der Waals surface area contributed by atoms with Gasteiger partial charge in [-0.15, -0.1) is 0 Å². The molecule has 10 heteroatoms. The topological polar surface area (TPSA) is 125 Å². The van der Waals surface area contributed by atoms with Crippen LogP contribution in [0, 0.1) is 0 Å². The minimum absolute atomic E-state index is 0.00901. The van der Waals surface area contributed by atoms with Crippen LogP contribution in [0.25, 0.3) is 0 Å². The maximum atomic E-state index is 13.2. The molecule has 0 aromatic rings. The van der Waals surface area contributed by atoms with Crippen LogP contribution >= 0.6 is 7.82 Å². The van der Waals surface area contributed by atoms with Crippen LogP contribution < -0.4 is 0 Å². The standard InChI is InChI=1S/C51H97O9P/c1-5-8-11-13-15-17-19-21-23-24-26-28-30-35-39-44-49(52)58-48(42-10-7-3)43-38-34-31-32-36-40-45-50(53)60-61(56,59-47(4)51(54)55)57-46-41-37-33-29-27-25-22-20-18-16-14-12-9-6-2/h48H,4-46H2,1-3H3,(H,54,55). The van der Waals surface area contributed by atoms with Crippen molar-refractivity contribution in [2.75, 3.05) is 6.61 Å². The van der Waals surface area contributed by atoms with Gasteiger partial charge >= 0.3 is 25.7 Å². The van der Waals surface area contributed by atoms with Gasteiger partial charge in [-0.3, -0.25) is 14.1 Å². The Bertz CT molecular complexity index is 1080. The van der Waals surface area contributed by atoms with E-state index in [2.05, 4.69) is 27.4 Å². The van der Waals surface area contributed by atoms with Gasteiger partial charge in [-0.2, -0.15) is 0 Å². The third kappa shape index (κ3) is 41.9. The molecular weight excluding hydrogens is 788 g/mol. The van der Waals surface area contributed by atoms with Crippen molar-refractivity contribution in [3.05, 3.63) is 12.3 Å². The number of esters is 1. The Balaban J connectivity index is 4.14. The fourth-order valence-corrected chi connectivity index (χ4v) is 9.00. The van der Waals surface area contributed by atoms with Crippen LogP contribution in [0.15, 0.2) is 12.3 Å². The van der Waals surface area contributed by atoms with Gasteiger partial charge in [0.1, 0.15) is 6.10 Å². The molecule has 0 rings (SSSR count). The van der Waals surface area contributed by atoms with Crippen molar-refractivity contribution >= 4 is 25.7 Å². The zero-order chi connectivity index (χ0) is 44.9. The molecule has 0 aliphatic carbocycles. The molecule has 61 heavy (non-hydrogen) atoms. The molecule has 0 saturated carbocycles. The van der Waals surface area contributed by atoms with Gasteiger partial charge in [0, 0.05) is 12.8 Å². The molecular formula is C51H97O9P. The smallest absolute Gasteiger partial charge is 0.475 e. The molecule has 0 aromatic carbocycles. The van der Waals surface area contributed by atoms with Crippen LogP contribution in [0.3, 0.4) is 0 Å². The lowest BCUT2D eigenvalue weighted by molar-refractivity contribution is -0.150. The van der Waals surface area contributed by atoms with Gasteiger partial charge in [0.25, 0.3) is 0 Å². The average molecular weight is 885 g/mol. The summed E-state index contributed by atoms with van der Waals surface area (Å²) >= 11 is 0. The van der Waals surface area contributed by atoms with E-state index in [9.17, 15) is 24.1 Å². The van der Waals surface area contributed by atoms with Gasteiger partial charge in [0.2, 0.25) is 5.76 Å². The van der Waals surface area contributed by atoms with Crippen molar-refractivity contribution in [3.8, 4) is 0 Å². The third-order valence-corrected chi connectivity index (χ3v) is 13.1. The number of aliphatic carboxylic acids is 1. The lowest BCUT2D eigenvalue weighted by Crippen LogP contribution is -2.18. The summed E-state index contributed by atoms with van der Waals surface area (Å²) in [6, 6.07) is 0. The molecule has 0 aliphatic rings. The minimum Gasteiger partial charge on any atom is -0.475 e. The predicted octanol–water partition coefficient (Wildman–Crippen LogP) is 17.2. The quantitative estimate of drug-likeness (QED) is 0.0209. The number of ether oxygens (including phenoxy) is 1. The van der Waals surface area contributed by atoms with Crippen LogP contribution in [0.5, 0.6) is 0 Å². The van der Waals surface area contributed by atoms with E-state index in [4.69, 9.17) is 18.3 Å². The minimum atomic E-state index is -4.46. The molecule has 0 amide bonds. The Morgan fingerprint density at radius 2 is 0.770 bits per heavy atom. The van der Waals surface area contributed by atoms with Crippen molar-refractivity contribution < 1.29 is 42.4 Å². The molecule has 0 aromatic heterocycles. The van der Waals surface area contributed by atoms with E-state index in [0.717, 1.165) is 89.9 Å². The number of hydrogen-bond acceptors (Lipinski definition) is 8. The first-order valence-electron chi connectivity index (χ1n) is 26.0. The molecule has 2 atom stereocenters. The Morgan fingerprint density at radius 1 is 0.443 bits per heavy atom. The summed E-state index contributed by atoms with van der Waals surface area (Å²) in [5.74, 6) is -3.08. The second-order valence-electron chi connectivity index (χ2n) is 17.8. The molecule has 0 spiro atoms. The summed E-state index contributed by atoms with van der Waals surface area (Å²) < 4.78 is 34.5. The number of carbonyl (C=O) groups excluding carboxylic acids is 2. The summed E-state index contributed by atoms with van der Waals surface area (Å²) in [5.41, 5.74) is 0. The number of phosphoric acid groups is 1. The largest absolute Gasteiger partial charge is 0.590 e. The molecule has 0 fully saturated rings. The van der Waals surface area contributed by atoms with Crippen molar-refractivity contribution in [3.63, 3.8) is 0 Å². The van der Waals surface area contributed by atoms with E-state index in [0.29, 0.717) is 19.3 Å². The summed E-state index contributed by atoms with van der Waals surface area (Å²) in [6.45, 7) is 9.99. The van der Waals surface area contributed by atoms with Gasteiger partial charge in [-0.05, 0) is 45.1 Å². The molecule has 0 aliphatic heterocycles. The number of unbranched alkanes of at least 4 members (excludes halogenated alkanes) is 33. The lowest BCUT2D eigenvalue weighted by atomic mass is 10.0. The van der Waals surface area contributed by atoms with Gasteiger partial charge in [0.05, 0.1) is 6.61 Å². The highest BCUT2D eigenvalue weighted by Crippen LogP contribution is 2.52. The fourth-order valence-electron chi connectivity index (χ4n) is 7.82. The van der Waals surface area contributed by atoms with E-state index in [1.165, 1.54) is 148 Å². The molecule has 2 unspecified atom stereocenters. The molecule has 9 nitrogen and oxygen atoms in total. The maximum Gasteiger partial charge on any atom is 0.590 e.